The van der Waals surface area contributed by atoms with Crippen LogP contribution in [0.25, 0.3) is 0 Å². The minimum absolute atomic E-state index is 0.162. The molecule has 2 rings (SSSR count). The Morgan fingerprint density at radius 2 is 2.00 bits per heavy atom. The Balaban J connectivity index is 2.26. The summed E-state index contributed by atoms with van der Waals surface area (Å²) >= 11 is 0. The van der Waals surface area contributed by atoms with Crippen LogP contribution < -0.4 is 10.6 Å². The van der Waals surface area contributed by atoms with Gasteiger partial charge in [0, 0.05) is 31.9 Å². The summed E-state index contributed by atoms with van der Waals surface area (Å²) < 4.78 is 19.1. The first-order chi connectivity index (χ1) is 9.02. The average molecular weight is 266 g/mol. The van der Waals surface area contributed by atoms with E-state index in [4.69, 9.17) is 10.5 Å². The number of methoxy groups -OCH3 is 1. The molecule has 0 saturated carbocycles. The number of halogens is 1. The number of nitrogens with two attached hydrogens (primary N) is 1. The maximum absolute atomic E-state index is 13.7. The van der Waals surface area contributed by atoms with E-state index in [9.17, 15) is 4.39 Å². The third kappa shape index (κ3) is 3.07. The number of aryl methyl sites for hydroxylation is 1. The predicted octanol–water partition coefficient (Wildman–Crippen LogP) is 2.77. The normalized spacial score (nSPS) is 18.7. The predicted molar refractivity (Wildman–Crippen MR) is 76.0 cm³/mol. The van der Waals surface area contributed by atoms with E-state index in [1.165, 1.54) is 0 Å². The number of hydrogen-bond donors (Lipinski definition) is 1. The summed E-state index contributed by atoms with van der Waals surface area (Å²) in [4.78, 5) is 2.29. The van der Waals surface area contributed by atoms with Gasteiger partial charge in [0.15, 0.2) is 0 Å². The molecule has 19 heavy (non-hydrogen) atoms. The van der Waals surface area contributed by atoms with Crippen molar-refractivity contribution in [3.63, 3.8) is 0 Å². The summed E-state index contributed by atoms with van der Waals surface area (Å²) in [6.45, 7) is 5.56. The summed E-state index contributed by atoms with van der Waals surface area (Å²) in [5.74, 6) is -0.178. The van der Waals surface area contributed by atoms with Crippen molar-refractivity contribution in [2.75, 3.05) is 25.1 Å². The first-order valence-corrected chi connectivity index (χ1v) is 6.86. The van der Waals surface area contributed by atoms with Crippen LogP contribution in [0.3, 0.4) is 0 Å². The molecule has 2 N–H and O–H groups in total. The Bertz CT molecular complexity index is 440. The van der Waals surface area contributed by atoms with Crippen LogP contribution in [0.1, 0.15) is 36.9 Å². The molecule has 106 valence electrons. The molecule has 1 heterocycles. The maximum Gasteiger partial charge on any atom is 0.126 e. The van der Waals surface area contributed by atoms with Crippen molar-refractivity contribution in [1.29, 1.82) is 0 Å². The van der Waals surface area contributed by atoms with Crippen molar-refractivity contribution in [1.82, 2.24) is 0 Å². The summed E-state index contributed by atoms with van der Waals surface area (Å²) in [6.07, 6.45) is 2.35. The molecular formula is C15H23FN2O. The SMILES string of the molecule is COC1CCN(c2cc(C)c(F)cc2C(C)N)CC1. The summed E-state index contributed by atoms with van der Waals surface area (Å²) in [5.41, 5.74) is 8.61. The molecule has 4 heteroatoms. The molecule has 1 fully saturated rings. The second-order valence-corrected chi connectivity index (χ2v) is 5.37. The van der Waals surface area contributed by atoms with E-state index in [-0.39, 0.29) is 11.9 Å². The molecular weight excluding hydrogens is 243 g/mol. The lowest BCUT2D eigenvalue weighted by Crippen LogP contribution is -2.37. The smallest absolute Gasteiger partial charge is 0.126 e. The van der Waals surface area contributed by atoms with E-state index in [2.05, 4.69) is 4.90 Å². The molecule has 0 bridgehead atoms. The number of nitrogens with zero attached hydrogens (tertiary/aromatic N) is 1. The van der Waals surface area contributed by atoms with Gasteiger partial charge in [-0.25, -0.2) is 4.39 Å². The van der Waals surface area contributed by atoms with Gasteiger partial charge in [0.1, 0.15) is 5.82 Å². The fraction of sp³-hybridized carbons (Fsp3) is 0.600. The largest absolute Gasteiger partial charge is 0.381 e. The van der Waals surface area contributed by atoms with E-state index in [1.807, 2.05) is 13.0 Å². The van der Waals surface area contributed by atoms with Crippen LogP contribution in [0.4, 0.5) is 10.1 Å². The van der Waals surface area contributed by atoms with Crippen molar-refractivity contribution in [2.24, 2.45) is 5.73 Å². The number of rotatable bonds is 3. The van der Waals surface area contributed by atoms with Crippen molar-refractivity contribution >= 4 is 5.69 Å². The van der Waals surface area contributed by atoms with Gasteiger partial charge in [0.2, 0.25) is 0 Å². The summed E-state index contributed by atoms with van der Waals surface area (Å²) in [7, 11) is 1.76. The lowest BCUT2D eigenvalue weighted by atomic mass is 10.00. The van der Waals surface area contributed by atoms with Crippen LogP contribution in [0, 0.1) is 12.7 Å². The number of piperidine rings is 1. The lowest BCUT2D eigenvalue weighted by molar-refractivity contribution is 0.0819. The van der Waals surface area contributed by atoms with Crippen molar-refractivity contribution in [2.45, 2.75) is 38.8 Å². The Morgan fingerprint density at radius 3 is 2.53 bits per heavy atom. The molecule has 1 atom stereocenters. The van der Waals surface area contributed by atoms with Crippen molar-refractivity contribution in [3.8, 4) is 0 Å². The standard InChI is InChI=1S/C15H23FN2O/c1-10-8-15(13(11(2)17)9-14(10)16)18-6-4-12(19-3)5-7-18/h8-9,11-12H,4-7,17H2,1-3H3. The van der Waals surface area contributed by atoms with Crippen LogP contribution in [0.2, 0.25) is 0 Å². The van der Waals surface area contributed by atoms with E-state index in [1.54, 1.807) is 20.1 Å². The monoisotopic (exact) mass is 266 g/mol. The van der Waals surface area contributed by atoms with Gasteiger partial charge < -0.3 is 15.4 Å². The molecule has 1 aliphatic rings. The minimum Gasteiger partial charge on any atom is -0.381 e. The molecule has 3 nitrogen and oxygen atoms in total. The van der Waals surface area contributed by atoms with Crippen LogP contribution in [0.5, 0.6) is 0 Å². The van der Waals surface area contributed by atoms with Gasteiger partial charge in [-0.1, -0.05) is 0 Å². The van der Waals surface area contributed by atoms with Gasteiger partial charge in [0.05, 0.1) is 6.10 Å². The van der Waals surface area contributed by atoms with Gasteiger partial charge in [-0.3, -0.25) is 0 Å². The molecule has 0 radical (unpaired) electrons. The average Bonchev–Trinajstić information content (AvgIpc) is 2.41. The minimum atomic E-state index is -0.178. The van der Waals surface area contributed by atoms with Gasteiger partial charge >= 0.3 is 0 Å². The number of anilines is 1. The second kappa shape index (κ2) is 5.88. The molecule has 0 aromatic heterocycles. The summed E-state index contributed by atoms with van der Waals surface area (Å²) in [5, 5.41) is 0. The molecule has 1 unspecified atom stereocenters. The quantitative estimate of drug-likeness (QED) is 0.914. The van der Waals surface area contributed by atoms with E-state index >= 15 is 0 Å². The fourth-order valence-electron chi connectivity index (χ4n) is 2.65. The van der Waals surface area contributed by atoms with Crippen molar-refractivity contribution < 1.29 is 9.13 Å². The Morgan fingerprint density at radius 1 is 1.37 bits per heavy atom. The highest BCUT2D eigenvalue weighted by Crippen LogP contribution is 2.30. The van der Waals surface area contributed by atoms with Crippen LogP contribution in [0.15, 0.2) is 12.1 Å². The Kier molecular flexibility index (Phi) is 4.42. The molecule has 1 saturated heterocycles. The van der Waals surface area contributed by atoms with E-state index < -0.39 is 0 Å². The zero-order valence-electron chi connectivity index (χ0n) is 11.9. The van der Waals surface area contributed by atoms with Gasteiger partial charge in [-0.2, -0.15) is 0 Å². The number of ether oxygens (including phenoxy) is 1. The zero-order valence-corrected chi connectivity index (χ0v) is 11.9. The summed E-state index contributed by atoms with van der Waals surface area (Å²) in [6, 6.07) is 3.34. The van der Waals surface area contributed by atoms with Gasteiger partial charge in [-0.15, -0.1) is 0 Å². The highest BCUT2D eigenvalue weighted by molar-refractivity contribution is 5.57. The molecule has 1 aliphatic heterocycles. The third-order valence-corrected chi connectivity index (χ3v) is 3.91. The number of hydrogen-bond acceptors (Lipinski definition) is 3. The van der Waals surface area contributed by atoms with E-state index in [0.29, 0.717) is 11.7 Å². The van der Waals surface area contributed by atoms with Crippen LogP contribution in [-0.2, 0) is 4.74 Å². The Hall–Kier alpha value is -1.13. The highest BCUT2D eigenvalue weighted by atomic mass is 19.1. The van der Waals surface area contributed by atoms with Gasteiger partial charge in [0.25, 0.3) is 0 Å². The second-order valence-electron chi connectivity index (χ2n) is 5.37. The first kappa shape index (κ1) is 14.3. The van der Waals surface area contributed by atoms with Crippen LogP contribution in [-0.4, -0.2) is 26.3 Å². The van der Waals surface area contributed by atoms with Gasteiger partial charge in [-0.05, 0) is 49.9 Å². The van der Waals surface area contributed by atoms with E-state index in [0.717, 1.165) is 37.2 Å². The molecule has 0 aliphatic carbocycles. The Labute approximate surface area is 114 Å². The number of benzene rings is 1. The van der Waals surface area contributed by atoms with Crippen molar-refractivity contribution in [3.05, 3.63) is 29.1 Å². The first-order valence-electron chi connectivity index (χ1n) is 6.86. The highest BCUT2D eigenvalue weighted by Gasteiger charge is 2.22. The van der Waals surface area contributed by atoms with Crippen LogP contribution >= 0.6 is 0 Å². The lowest BCUT2D eigenvalue weighted by Gasteiger charge is -2.35. The topological polar surface area (TPSA) is 38.5 Å². The third-order valence-electron chi connectivity index (χ3n) is 3.91. The fourth-order valence-corrected chi connectivity index (χ4v) is 2.65. The molecule has 0 spiro atoms. The maximum atomic E-state index is 13.7. The zero-order chi connectivity index (χ0) is 14.0. The molecule has 1 aromatic rings. The molecule has 1 aromatic carbocycles. The molecule has 0 amide bonds.